The Labute approximate surface area is 182 Å². The minimum absolute atomic E-state index is 0.0324. The third-order valence-corrected chi connectivity index (χ3v) is 6.28. The van der Waals surface area contributed by atoms with Gasteiger partial charge >= 0.3 is 0 Å². The second-order valence-electron chi connectivity index (χ2n) is 8.51. The van der Waals surface area contributed by atoms with E-state index in [1.807, 2.05) is 36.4 Å². The van der Waals surface area contributed by atoms with E-state index in [0.29, 0.717) is 23.9 Å². The minimum atomic E-state index is -0.907. The van der Waals surface area contributed by atoms with Crippen LogP contribution < -0.4 is 10.5 Å². The zero-order valence-corrected chi connectivity index (χ0v) is 17.6. The maximum Gasteiger partial charge on any atom is 0.221 e. The Morgan fingerprint density at radius 1 is 1.26 bits per heavy atom. The van der Waals surface area contributed by atoms with E-state index in [9.17, 15) is 5.26 Å². The van der Waals surface area contributed by atoms with Crippen LogP contribution in [0.1, 0.15) is 36.8 Å². The zero-order valence-electron chi connectivity index (χ0n) is 17.6. The van der Waals surface area contributed by atoms with Crippen LogP contribution in [0.3, 0.4) is 0 Å². The van der Waals surface area contributed by atoms with Crippen LogP contribution in [0.25, 0.3) is 11.1 Å². The molecule has 2 aromatic rings. The number of fused-ring (bicyclic) bond motifs is 2. The predicted octanol–water partition coefficient (Wildman–Crippen LogP) is 3.54. The highest BCUT2D eigenvalue weighted by Crippen LogP contribution is 2.48. The van der Waals surface area contributed by atoms with Crippen LogP contribution in [0.5, 0.6) is 5.75 Å². The number of nitrogens with zero attached hydrogens (tertiary/aromatic N) is 3. The molecule has 160 valence electrons. The number of nitriles is 1. The molecule has 1 saturated heterocycles. The van der Waals surface area contributed by atoms with Crippen molar-refractivity contribution in [2.45, 2.75) is 37.5 Å². The van der Waals surface area contributed by atoms with Gasteiger partial charge in [0.2, 0.25) is 11.7 Å². The Bertz CT molecular complexity index is 1060. The molecule has 3 aliphatic rings. The summed E-state index contributed by atoms with van der Waals surface area (Å²) >= 11 is 0. The number of guanidine groups is 1. The topological polar surface area (TPSA) is 93.1 Å². The fourth-order valence-corrected chi connectivity index (χ4v) is 4.76. The van der Waals surface area contributed by atoms with Crippen LogP contribution in [0.15, 0.2) is 47.5 Å². The summed E-state index contributed by atoms with van der Waals surface area (Å²) < 4.78 is 12.1. The Balaban J connectivity index is 1.51. The quantitative estimate of drug-likeness (QED) is 0.820. The molecule has 3 heterocycles. The van der Waals surface area contributed by atoms with Gasteiger partial charge in [0.1, 0.15) is 11.9 Å². The van der Waals surface area contributed by atoms with Crippen molar-refractivity contribution in [2.75, 3.05) is 20.3 Å². The Hall–Kier alpha value is -3.08. The SMILES string of the molecule is CN1OC2(C[C@@H](CC3CCCOC3)Oc3ccc(-c4cccc(C#N)c4)cc32)N=C1N. The van der Waals surface area contributed by atoms with Crippen molar-refractivity contribution >= 4 is 5.96 Å². The monoisotopic (exact) mass is 418 g/mol. The molecule has 2 N–H and O–H groups in total. The van der Waals surface area contributed by atoms with Gasteiger partial charge in [0.15, 0.2) is 0 Å². The number of ether oxygens (including phenoxy) is 2. The van der Waals surface area contributed by atoms with Gasteiger partial charge in [-0.25, -0.2) is 14.9 Å². The molecule has 1 spiro atoms. The third kappa shape index (κ3) is 3.73. The van der Waals surface area contributed by atoms with Crippen molar-refractivity contribution in [3.05, 3.63) is 53.6 Å². The molecule has 3 atom stereocenters. The molecule has 2 unspecified atom stereocenters. The predicted molar refractivity (Wildman–Crippen MR) is 116 cm³/mol. The van der Waals surface area contributed by atoms with Gasteiger partial charge in [0, 0.05) is 26.7 Å². The lowest BCUT2D eigenvalue weighted by atomic mass is 9.86. The summed E-state index contributed by atoms with van der Waals surface area (Å²) in [5.41, 5.74) is 8.62. The number of nitrogens with two attached hydrogens (primary N) is 1. The Morgan fingerprint density at radius 2 is 2.13 bits per heavy atom. The van der Waals surface area contributed by atoms with Crippen LogP contribution >= 0.6 is 0 Å². The van der Waals surface area contributed by atoms with E-state index in [1.54, 1.807) is 13.1 Å². The van der Waals surface area contributed by atoms with Crippen LogP contribution in [0.2, 0.25) is 0 Å². The summed E-state index contributed by atoms with van der Waals surface area (Å²) in [7, 11) is 1.77. The third-order valence-electron chi connectivity index (χ3n) is 6.28. The van der Waals surface area contributed by atoms with Gasteiger partial charge in [-0.3, -0.25) is 0 Å². The number of hydrogen-bond donors (Lipinski definition) is 1. The summed E-state index contributed by atoms with van der Waals surface area (Å²) in [4.78, 5) is 11.0. The molecular weight excluding hydrogens is 392 g/mol. The summed E-state index contributed by atoms with van der Waals surface area (Å²) in [6, 6.07) is 15.8. The van der Waals surface area contributed by atoms with Gasteiger partial charge < -0.3 is 15.2 Å². The Kier molecular flexibility index (Phi) is 5.05. The summed E-state index contributed by atoms with van der Waals surface area (Å²) in [5.74, 6) is 1.59. The van der Waals surface area contributed by atoms with Crippen LogP contribution in [-0.2, 0) is 15.3 Å². The van der Waals surface area contributed by atoms with Crippen LogP contribution in [0, 0.1) is 17.2 Å². The smallest absolute Gasteiger partial charge is 0.221 e. The lowest BCUT2D eigenvalue weighted by molar-refractivity contribution is -0.192. The molecule has 7 heteroatoms. The first-order valence-electron chi connectivity index (χ1n) is 10.7. The number of rotatable bonds is 3. The highest BCUT2D eigenvalue weighted by molar-refractivity contribution is 5.79. The molecule has 5 rings (SSSR count). The summed E-state index contributed by atoms with van der Waals surface area (Å²) in [6.07, 6.45) is 3.70. The van der Waals surface area contributed by atoms with Crippen molar-refractivity contribution in [2.24, 2.45) is 16.6 Å². The highest BCUT2D eigenvalue weighted by Gasteiger charge is 2.49. The molecule has 7 nitrogen and oxygen atoms in total. The van der Waals surface area contributed by atoms with E-state index in [0.717, 1.165) is 54.9 Å². The standard InChI is InChI=1S/C24H26N4O3/c1-28-23(26)27-24(31-28)13-20(11-17-5-3-9-29-15-17)30-22-8-7-19(12-21(22)24)18-6-2-4-16(10-18)14-25/h2,4,6-8,10,12,17,20H,3,5,9,11,13,15H2,1H3,(H2,26,27)/t17?,20-,24?/m1/s1. The normalized spacial score (nSPS) is 27.4. The fourth-order valence-electron chi connectivity index (χ4n) is 4.76. The Morgan fingerprint density at radius 3 is 2.87 bits per heavy atom. The second kappa shape index (κ2) is 7.88. The second-order valence-corrected chi connectivity index (χ2v) is 8.51. The van der Waals surface area contributed by atoms with E-state index in [-0.39, 0.29) is 6.10 Å². The molecule has 0 radical (unpaired) electrons. The molecule has 1 fully saturated rings. The van der Waals surface area contributed by atoms with Crippen LogP contribution in [-0.4, -0.2) is 37.4 Å². The van der Waals surface area contributed by atoms with Gasteiger partial charge in [-0.1, -0.05) is 18.2 Å². The largest absolute Gasteiger partial charge is 0.490 e. The molecule has 0 bridgehead atoms. The maximum absolute atomic E-state index is 9.25. The van der Waals surface area contributed by atoms with Crippen molar-refractivity contribution in [1.82, 2.24) is 5.06 Å². The number of hydrogen-bond acceptors (Lipinski definition) is 7. The van der Waals surface area contributed by atoms with E-state index < -0.39 is 5.72 Å². The first-order chi connectivity index (χ1) is 15.1. The summed E-state index contributed by atoms with van der Waals surface area (Å²) in [5, 5.41) is 10.8. The van der Waals surface area contributed by atoms with E-state index >= 15 is 0 Å². The maximum atomic E-state index is 9.25. The fraction of sp³-hybridized carbons (Fsp3) is 0.417. The molecule has 31 heavy (non-hydrogen) atoms. The molecule has 0 amide bonds. The van der Waals surface area contributed by atoms with Gasteiger partial charge in [-0.2, -0.15) is 5.26 Å². The average Bonchev–Trinajstić information content (AvgIpc) is 3.07. The lowest BCUT2D eigenvalue weighted by Crippen LogP contribution is -2.40. The van der Waals surface area contributed by atoms with Crippen LogP contribution in [0.4, 0.5) is 0 Å². The first-order valence-corrected chi connectivity index (χ1v) is 10.7. The number of aliphatic imine (C=N–C) groups is 1. The van der Waals surface area contributed by atoms with Crippen molar-refractivity contribution in [1.29, 1.82) is 5.26 Å². The molecule has 0 saturated carbocycles. The van der Waals surface area contributed by atoms with Gasteiger partial charge in [0.05, 0.1) is 17.2 Å². The van der Waals surface area contributed by atoms with Crippen molar-refractivity contribution < 1.29 is 14.3 Å². The number of benzene rings is 2. The minimum Gasteiger partial charge on any atom is -0.490 e. The summed E-state index contributed by atoms with van der Waals surface area (Å²) in [6.45, 7) is 1.62. The zero-order chi connectivity index (χ0) is 21.4. The van der Waals surface area contributed by atoms with Gasteiger partial charge in [-0.05, 0) is 60.6 Å². The molecule has 2 aromatic carbocycles. The van der Waals surface area contributed by atoms with E-state index in [1.165, 1.54) is 5.06 Å². The highest BCUT2D eigenvalue weighted by atomic mass is 16.7. The number of hydroxylamine groups is 2. The van der Waals surface area contributed by atoms with Gasteiger partial charge in [-0.15, -0.1) is 0 Å². The van der Waals surface area contributed by atoms with Crippen molar-refractivity contribution in [3.8, 4) is 22.9 Å². The van der Waals surface area contributed by atoms with Crippen molar-refractivity contribution in [3.63, 3.8) is 0 Å². The molecule has 3 aliphatic heterocycles. The van der Waals surface area contributed by atoms with E-state index in [4.69, 9.17) is 25.0 Å². The molecule has 0 aromatic heterocycles. The average molecular weight is 418 g/mol. The lowest BCUT2D eigenvalue weighted by Gasteiger charge is -2.38. The molecule has 0 aliphatic carbocycles. The molecular formula is C24H26N4O3. The van der Waals surface area contributed by atoms with Gasteiger partial charge in [0.25, 0.3) is 0 Å². The first kappa shape index (κ1) is 19.9. The van der Waals surface area contributed by atoms with E-state index in [2.05, 4.69) is 6.07 Å².